The summed E-state index contributed by atoms with van der Waals surface area (Å²) in [6, 6.07) is 44.1. The number of aromatic nitrogens is 4. The minimum atomic E-state index is -2.64. The molecule has 0 saturated carbocycles. The van der Waals surface area contributed by atoms with Crippen LogP contribution in [0.1, 0.15) is 64.4 Å². The molecule has 61 heavy (non-hydrogen) atoms. The third-order valence-electron chi connectivity index (χ3n) is 11.2. The van der Waals surface area contributed by atoms with E-state index in [2.05, 4.69) is 10.3 Å². The summed E-state index contributed by atoms with van der Waals surface area (Å²) < 4.78 is 48.7. The number of carbonyl (C=O) groups is 2. The summed E-state index contributed by atoms with van der Waals surface area (Å²) >= 11 is 0. The normalized spacial score (nSPS) is 19.9. The molecule has 1 fully saturated rings. The number of rotatable bonds is 14. The van der Waals surface area contributed by atoms with Gasteiger partial charge in [0.15, 0.2) is 29.6 Å². The first kappa shape index (κ1) is 40.7. The number of hydrogen-bond acceptors (Lipinski definition) is 11. The van der Waals surface area contributed by atoms with Crippen molar-refractivity contribution in [2.75, 3.05) is 25.6 Å². The lowest BCUT2D eigenvalue weighted by Gasteiger charge is -2.37. The summed E-state index contributed by atoms with van der Waals surface area (Å²) in [7, 11) is 1.61. The molecule has 1 saturated heterocycles. The Kier molecular flexibility index (Phi) is 11.2. The standard InChI is InChI=1S/C48H44FN5O7/c1-5-58-41-39-40(51-45(52-41)53-48(35-22-14-8-15-23-35,36-24-16-9-17-25-36)37-26-28-38(57-4)29-27-37)54(31-50-39)44-46(3,60-43(56)34-20-12-7-13-21-34)32(2)47(49,61-44)30-59-42(55)33-18-10-6-11-19-33/h6-29,31-32,44H,5,30H2,1-4H3,(H,51,52,53)/t32-,44+,46+,47+/m0/s1. The smallest absolute Gasteiger partial charge is 0.338 e. The SMILES string of the molecule is CCOc1nc(NC(c2ccccc2)(c2ccccc2)c2ccc(OC)cc2)nc2c1ncn2[C@@H]1O[C@](F)(COC(=O)c2ccccc2)[C@@H](C)[C@@]1(C)OC(=O)c1ccccc1. The number of ether oxygens (including phenoxy) is 5. The van der Waals surface area contributed by atoms with Gasteiger partial charge >= 0.3 is 11.9 Å². The van der Waals surface area contributed by atoms with Crippen molar-refractivity contribution in [2.24, 2.45) is 5.92 Å². The number of carbonyl (C=O) groups excluding carboxylic acids is 2. The molecule has 0 radical (unpaired) electrons. The Hall–Kier alpha value is -7.12. The van der Waals surface area contributed by atoms with E-state index in [9.17, 15) is 9.59 Å². The van der Waals surface area contributed by atoms with Gasteiger partial charge in [-0.15, -0.1) is 0 Å². The fourth-order valence-electron chi connectivity index (χ4n) is 7.79. The molecule has 3 heterocycles. The zero-order valence-corrected chi connectivity index (χ0v) is 34.0. The van der Waals surface area contributed by atoms with Crippen LogP contribution in [0.4, 0.5) is 10.3 Å². The summed E-state index contributed by atoms with van der Waals surface area (Å²) in [6.45, 7) is 4.39. The summed E-state index contributed by atoms with van der Waals surface area (Å²) in [6.07, 6.45) is 0.0391. The Balaban J connectivity index is 1.27. The van der Waals surface area contributed by atoms with Gasteiger partial charge in [0.05, 0.1) is 37.1 Å². The van der Waals surface area contributed by atoms with Gasteiger partial charge in [-0.25, -0.2) is 19.0 Å². The van der Waals surface area contributed by atoms with Gasteiger partial charge in [0, 0.05) is 0 Å². The first-order valence-corrected chi connectivity index (χ1v) is 19.9. The van der Waals surface area contributed by atoms with Crippen LogP contribution in [0.25, 0.3) is 11.2 Å². The van der Waals surface area contributed by atoms with E-state index in [1.54, 1.807) is 81.6 Å². The van der Waals surface area contributed by atoms with Crippen molar-refractivity contribution >= 4 is 29.1 Å². The Labute approximate surface area is 352 Å². The summed E-state index contributed by atoms with van der Waals surface area (Å²) in [5, 5.41) is 3.68. The van der Waals surface area contributed by atoms with Gasteiger partial charge in [0.2, 0.25) is 11.8 Å². The zero-order valence-electron chi connectivity index (χ0n) is 34.0. The van der Waals surface area contributed by atoms with Crippen LogP contribution in [-0.2, 0) is 19.7 Å². The molecule has 7 aromatic rings. The van der Waals surface area contributed by atoms with E-state index in [-0.39, 0.29) is 40.7 Å². The summed E-state index contributed by atoms with van der Waals surface area (Å²) in [4.78, 5) is 41.4. The largest absolute Gasteiger partial charge is 0.497 e. The number of esters is 2. The zero-order chi connectivity index (χ0) is 42.6. The van der Waals surface area contributed by atoms with E-state index >= 15 is 4.39 Å². The second-order valence-electron chi connectivity index (χ2n) is 14.8. The number of alkyl halides is 1. The quantitative estimate of drug-likeness (QED) is 0.0832. The van der Waals surface area contributed by atoms with Crippen LogP contribution < -0.4 is 14.8 Å². The van der Waals surface area contributed by atoms with E-state index < -0.39 is 47.7 Å². The highest BCUT2D eigenvalue weighted by Gasteiger charge is 2.65. The number of benzene rings is 5. The van der Waals surface area contributed by atoms with Gasteiger partial charge < -0.3 is 29.0 Å². The van der Waals surface area contributed by atoms with E-state index in [0.29, 0.717) is 5.75 Å². The molecule has 1 aliphatic rings. The topological polar surface area (TPSA) is 136 Å². The molecule has 0 unspecified atom stereocenters. The Morgan fingerprint density at radius 1 is 0.787 bits per heavy atom. The molecule has 4 atom stereocenters. The molecule has 5 aromatic carbocycles. The summed E-state index contributed by atoms with van der Waals surface area (Å²) in [5.41, 5.74) is 0.735. The molecule has 1 N–H and O–H groups in total. The van der Waals surface area contributed by atoms with E-state index in [0.717, 1.165) is 16.7 Å². The van der Waals surface area contributed by atoms with Crippen molar-refractivity contribution in [3.8, 4) is 11.6 Å². The molecule has 0 bridgehead atoms. The predicted molar refractivity (Wildman–Crippen MR) is 226 cm³/mol. The summed E-state index contributed by atoms with van der Waals surface area (Å²) in [5.74, 6) is -4.31. The molecule has 13 heteroatoms. The van der Waals surface area contributed by atoms with Gasteiger partial charge in [0.25, 0.3) is 5.85 Å². The highest BCUT2D eigenvalue weighted by Crippen LogP contribution is 2.53. The number of imidazole rings is 1. The maximum Gasteiger partial charge on any atom is 0.338 e. The molecular formula is C48H44FN5O7. The predicted octanol–water partition coefficient (Wildman–Crippen LogP) is 8.94. The first-order chi connectivity index (χ1) is 29.6. The molecule has 12 nitrogen and oxygen atoms in total. The highest BCUT2D eigenvalue weighted by atomic mass is 19.2. The van der Waals surface area contributed by atoms with Crippen molar-refractivity contribution in [3.63, 3.8) is 0 Å². The van der Waals surface area contributed by atoms with Crippen LogP contribution in [-0.4, -0.2) is 63.2 Å². The minimum Gasteiger partial charge on any atom is -0.497 e. The number of nitrogens with one attached hydrogen (secondary N) is 1. The highest BCUT2D eigenvalue weighted by molar-refractivity contribution is 5.90. The van der Waals surface area contributed by atoms with Gasteiger partial charge in [-0.05, 0) is 66.9 Å². The second kappa shape index (κ2) is 16.9. The van der Waals surface area contributed by atoms with E-state index in [1.807, 2.05) is 91.9 Å². The number of fused-ring (bicyclic) bond motifs is 1. The third kappa shape index (κ3) is 7.64. The molecule has 0 spiro atoms. The van der Waals surface area contributed by atoms with Crippen molar-refractivity contribution < 1.29 is 37.7 Å². The molecule has 310 valence electrons. The molecule has 2 aromatic heterocycles. The van der Waals surface area contributed by atoms with Gasteiger partial charge in [0.1, 0.15) is 11.3 Å². The monoisotopic (exact) mass is 821 g/mol. The maximum absolute atomic E-state index is 17.5. The number of nitrogens with zero attached hydrogens (tertiary/aromatic N) is 4. The lowest BCUT2D eigenvalue weighted by atomic mass is 9.77. The lowest BCUT2D eigenvalue weighted by molar-refractivity contribution is -0.193. The molecular weight excluding hydrogens is 778 g/mol. The van der Waals surface area contributed by atoms with Crippen LogP contribution in [0.5, 0.6) is 11.6 Å². The van der Waals surface area contributed by atoms with Crippen molar-refractivity contribution in [3.05, 3.63) is 180 Å². The lowest BCUT2D eigenvalue weighted by Crippen LogP contribution is -2.46. The third-order valence-corrected chi connectivity index (χ3v) is 11.2. The van der Waals surface area contributed by atoms with Crippen LogP contribution in [0, 0.1) is 5.92 Å². The number of hydrogen-bond donors (Lipinski definition) is 1. The van der Waals surface area contributed by atoms with E-state index in [4.69, 9.17) is 33.7 Å². The van der Waals surface area contributed by atoms with Crippen molar-refractivity contribution in [2.45, 2.75) is 44.0 Å². The first-order valence-electron chi connectivity index (χ1n) is 19.9. The van der Waals surface area contributed by atoms with Crippen LogP contribution in [0.2, 0.25) is 0 Å². The Morgan fingerprint density at radius 2 is 1.33 bits per heavy atom. The van der Waals surface area contributed by atoms with E-state index in [1.165, 1.54) is 10.9 Å². The maximum atomic E-state index is 17.5. The molecule has 0 amide bonds. The molecule has 0 aliphatic carbocycles. The van der Waals surface area contributed by atoms with Crippen molar-refractivity contribution in [1.82, 2.24) is 19.5 Å². The van der Waals surface area contributed by atoms with Crippen LogP contribution in [0.3, 0.4) is 0 Å². The average molecular weight is 822 g/mol. The second-order valence-corrected chi connectivity index (χ2v) is 14.8. The van der Waals surface area contributed by atoms with Gasteiger partial charge in [-0.3, -0.25) is 4.57 Å². The number of halogens is 1. The molecule has 8 rings (SSSR count). The average Bonchev–Trinajstić information content (AvgIpc) is 3.81. The Bertz CT molecular complexity index is 2580. The molecule has 1 aliphatic heterocycles. The fourth-order valence-corrected chi connectivity index (χ4v) is 7.79. The minimum absolute atomic E-state index is 0.138. The Morgan fingerprint density at radius 3 is 1.89 bits per heavy atom. The van der Waals surface area contributed by atoms with Gasteiger partial charge in [-0.2, -0.15) is 9.97 Å². The van der Waals surface area contributed by atoms with Crippen LogP contribution >= 0.6 is 0 Å². The van der Waals surface area contributed by atoms with Crippen molar-refractivity contribution in [1.29, 1.82) is 0 Å². The number of methoxy groups -OCH3 is 1. The fraction of sp³-hybridized carbons (Fsp3) is 0.229. The van der Waals surface area contributed by atoms with Gasteiger partial charge in [-0.1, -0.05) is 116 Å². The van der Waals surface area contributed by atoms with Crippen LogP contribution in [0.15, 0.2) is 152 Å². The number of anilines is 1.